The van der Waals surface area contributed by atoms with E-state index in [9.17, 15) is 14.4 Å². The summed E-state index contributed by atoms with van der Waals surface area (Å²) in [6.45, 7) is 15.5. The molecule has 0 fully saturated rings. The maximum absolute atomic E-state index is 13.8. The van der Waals surface area contributed by atoms with Gasteiger partial charge in [0.05, 0.1) is 0 Å². The number of benzene rings is 1. The topological polar surface area (TPSA) is 87.7 Å². The highest BCUT2D eigenvalue weighted by molar-refractivity contribution is 7.80. The average molecular weight is 494 g/mol. The maximum atomic E-state index is 13.8. The zero-order chi connectivity index (χ0) is 26.1. The Balaban J connectivity index is 3.41. The molecule has 1 aromatic carbocycles. The van der Waals surface area contributed by atoms with Crippen LogP contribution in [-0.2, 0) is 14.3 Å². The predicted octanol–water partition coefficient (Wildman–Crippen LogP) is 4.71. The lowest BCUT2D eigenvalue weighted by Gasteiger charge is -2.35. The molecule has 1 rings (SSSR count). The zero-order valence-electron chi connectivity index (χ0n) is 22.0. The van der Waals surface area contributed by atoms with Crippen LogP contribution in [0, 0.1) is 13.8 Å². The Morgan fingerprint density at radius 2 is 1.71 bits per heavy atom. The first kappa shape index (κ1) is 29.8. The van der Waals surface area contributed by atoms with Gasteiger partial charge in [0, 0.05) is 18.3 Å². The van der Waals surface area contributed by atoms with Gasteiger partial charge in [-0.2, -0.15) is 12.6 Å². The van der Waals surface area contributed by atoms with Gasteiger partial charge in [0.2, 0.25) is 11.8 Å². The van der Waals surface area contributed by atoms with E-state index in [-0.39, 0.29) is 23.6 Å². The molecule has 2 unspecified atom stereocenters. The summed E-state index contributed by atoms with van der Waals surface area (Å²) >= 11 is 4.32. The number of nitrogens with one attached hydrogen (secondary N) is 2. The van der Waals surface area contributed by atoms with Crippen LogP contribution in [0.2, 0.25) is 0 Å². The molecule has 7 nitrogen and oxygen atoms in total. The van der Waals surface area contributed by atoms with E-state index in [1.807, 2.05) is 45.9 Å². The summed E-state index contributed by atoms with van der Waals surface area (Å²) in [5.41, 5.74) is 2.18. The Morgan fingerprint density at radius 1 is 1.06 bits per heavy atom. The first-order valence-electron chi connectivity index (χ1n) is 12.1. The van der Waals surface area contributed by atoms with Gasteiger partial charge in [0.25, 0.3) is 0 Å². The smallest absolute Gasteiger partial charge is 0.408 e. The molecule has 34 heavy (non-hydrogen) atoms. The third-order valence-corrected chi connectivity index (χ3v) is 5.66. The second-order valence-corrected chi connectivity index (χ2v) is 10.4. The van der Waals surface area contributed by atoms with Crippen molar-refractivity contribution in [2.45, 2.75) is 98.4 Å². The molecule has 0 spiro atoms. The van der Waals surface area contributed by atoms with Crippen molar-refractivity contribution in [2.75, 3.05) is 12.3 Å². The number of amides is 3. The molecule has 0 radical (unpaired) electrons. The second-order valence-electron chi connectivity index (χ2n) is 10.0. The van der Waals surface area contributed by atoms with E-state index in [4.69, 9.17) is 4.74 Å². The normalized spacial score (nSPS) is 13.2. The van der Waals surface area contributed by atoms with E-state index < -0.39 is 23.8 Å². The summed E-state index contributed by atoms with van der Waals surface area (Å²) in [5.74, 6) is -0.536. The van der Waals surface area contributed by atoms with Crippen LogP contribution < -0.4 is 10.6 Å². The van der Waals surface area contributed by atoms with Crippen molar-refractivity contribution < 1.29 is 19.1 Å². The van der Waals surface area contributed by atoms with Crippen molar-refractivity contribution in [3.8, 4) is 0 Å². The number of thiol groups is 1. The SMILES string of the molecule is CCCCCN(C(=O)C(CS)NC(=O)OC(C)(C)C)C(C(=O)NC(C)C)c1ccc(C)c(C)c1. The van der Waals surface area contributed by atoms with Gasteiger partial charge in [0.1, 0.15) is 17.7 Å². The van der Waals surface area contributed by atoms with Gasteiger partial charge in [-0.25, -0.2) is 4.79 Å². The van der Waals surface area contributed by atoms with Gasteiger partial charge < -0.3 is 20.3 Å². The number of carbonyl (C=O) groups is 3. The highest BCUT2D eigenvalue weighted by Crippen LogP contribution is 2.26. The third-order valence-electron chi connectivity index (χ3n) is 5.29. The van der Waals surface area contributed by atoms with Crippen molar-refractivity contribution in [1.29, 1.82) is 0 Å². The molecular weight excluding hydrogens is 450 g/mol. The fourth-order valence-electron chi connectivity index (χ4n) is 3.51. The Morgan fingerprint density at radius 3 is 2.21 bits per heavy atom. The van der Waals surface area contributed by atoms with Crippen molar-refractivity contribution in [2.24, 2.45) is 0 Å². The quantitative estimate of drug-likeness (QED) is 0.308. The number of hydrogen-bond donors (Lipinski definition) is 3. The van der Waals surface area contributed by atoms with Gasteiger partial charge in [0.15, 0.2) is 0 Å². The highest BCUT2D eigenvalue weighted by atomic mass is 32.1. The van der Waals surface area contributed by atoms with E-state index in [2.05, 4.69) is 30.2 Å². The van der Waals surface area contributed by atoms with Gasteiger partial charge >= 0.3 is 6.09 Å². The van der Waals surface area contributed by atoms with Crippen LogP contribution in [0.15, 0.2) is 18.2 Å². The van der Waals surface area contributed by atoms with E-state index in [1.54, 1.807) is 25.7 Å². The molecule has 0 aliphatic heterocycles. The number of hydrogen-bond acceptors (Lipinski definition) is 5. The number of aryl methyl sites for hydroxylation is 2. The molecule has 0 aliphatic carbocycles. The monoisotopic (exact) mass is 493 g/mol. The summed E-state index contributed by atoms with van der Waals surface area (Å²) in [6.07, 6.45) is 1.94. The molecule has 0 aliphatic rings. The second kappa shape index (κ2) is 13.6. The minimum atomic E-state index is -0.930. The molecule has 0 saturated heterocycles. The summed E-state index contributed by atoms with van der Waals surface area (Å²) in [5, 5.41) is 5.61. The largest absolute Gasteiger partial charge is 0.444 e. The summed E-state index contributed by atoms with van der Waals surface area (Å²) in [7, 11) is 0. The molecule has 2 N–H and O–H groups in total. The fourth-order valence-corrected chi connectivity index (χ4v) is 3.75. The number of unbranched alkanes of at least 4 members (excludes halogenated alkanes) is 2. The van der Waals surface area contributed by atoms with Crippen LogP contribution in [0.3, 0.4) is 0 Å². The minimum absolute atomic E-state index is 0.0772. The van der Waals surface area contributed by atoms with Crippen molar-refractivity contribution >= 4 is 30.5 Å². The summed E-state index contributed by atoms with van der Waals surface area (Å²) in [4.78, 5) is 41.1. The molecule has 3 amide bonds. The van der Waals surface area contributed by atoms with Gasteiger partial charge in [-0.3, -0.25) is 9.59 Å². The third kappa shape index (κ3) is 9.57. The van der Waals surface area contributed by atoms with Crippen LogP contribution in [0.25, 0.3) is 0 Å². The Labute approximate surface area is 210 Å². The van der Waals surface area contributed by atoms with E-state index >= 15 is 0 Å². The Kier molecular flexibility index (Phi) is 11.9. The standard InChI is InChI=1S/C26H43N3O4S/c1-9-10-11-14-29(24(31)21(16-34)28-25(32)33-26(6,7)8)22(23(30)27-17(2)3)20-13-12-18(4)19(5)15-20/h12-13,15,17,21-22,34H,9-11,14,16H2,1-8H3,(H,27,30)(H,28,32). The van der Waals surface area contributed by atoms with E-state index in [1.165, 1.54) is 0 Å². The lowest BCUT2D eigenvalue weighted by molar-refractivity contribution is -0.142. The average Bonchev–Trinajstić information content (AvgIpc) is 2.71. The Hall–Kier alpha value is -2.22. The molecule has 0 saturated carbocycles. The lowest BCUT2D eigenvalue weighted by Crippen LogP contribution is -2.54. The molecule has 0 bridgehead atoms. The molecule has 192 valence electrons. The van der Waals surface area contributed by atoms with Crippen LogP contribution >= 0.6 is 12.6 Å². The number of nitrogens with zero attached hydrogens (tertiary/aromatic N) is 1. The molecule has 2 atom stereocenters. The minimum Gasteiger partial charge on any atom is -0.444 e. The van der Waals surface area contributed by atoms with Crippen LogP contribution in [-0.4, -0.2) is 52.8 Å². The maximum Gasteiger partial charge on any atom is 0.408 e. The molecular formula is C26H43N3O4S. The van der Waals surface area contributed by atoms with Crippen molar-refractivity contribution in [3.63, 3.8) is 0 Å². The predicted molar refractivity (Wildman–Crippen MR) is 140 cm³/mol. The lowest BCUT2D eigenvalue weighted by atomic mass is 9.98. The number of carbonyl (C=O) groups excluding carboxylic acids is 3. The zero-order valence-corrected chi connectivity index (χ0v) is 22.9. The van der Waals surface area contributed by atoms with Crippen LogP contribution in [0.4, 0.5) is 4.79 Å². The first-order valence-corrected chi connectivity index (χ1v) is 12.7. The van der Waals surface area contributed by atoms with E-state index in [0.717, 1.165) is 36.0 Å². The van der Waals surface area contributed by atoms with Gasteiger partial charge in [-0.15, -0.1) is 0 Å². The molecule has 0 heterocycles. The van der Waals surface area contributed by atoms with Crippen LogP contribution in [0.1, 0.15) is 83.5 Å². The highest BCUT2D eigenvalue weighted by Gasteiger charge is 2.36. The number of ether oxygens (including phenoxy) is 1. The van der Waals surface area contributed by atoms with Crippen LogP contribution in [0.5, 0.6) is 0 Å². The van der Waals surface area contributed by atoms with Gasteiger partial charge in [-0.1, -0.05) is 38.0 Å². The molecule has 0 aromatic heterocycles. The van der Waals surface area contributed by atoms with Crippen molar-refractivity contribution in [1.82, 2.24) is 15.5 Å². The van der Waals surface area contributed by atoms with Crippen molar-refractivity contribution in [3.05, 3.63) is 34.9 Å². The number of alkyl carbamates (subject to hydrolysis) is 1. The number of rotatable bonds is 11. The first-order chi connectivity index (χ1) is 15.8. The molecule has 1 aromatic rings. The summed E-state index contributed by atoms with van der Waals surface area (Å²) < 4.78 is 5.34. The van der Waals surface area contributed by atoms with Gasteiger partial charge in [-0.05, 0) is 71.6 Å². The fraction of sp³-hybridized carbons (Fsp3) is 0.654. The molecule has 8 heteroatoms. The Bertz CT molecular complexity index is 836. The van der Waals surface area contributed by atoms with E-state index in [0.29, 0.717) is 6.54 Å². The summed E-state index contributed by atoms with van der Waals surface area (Å²) in [6, 6.07) is 3.97.